The molecule has 2 aromatic carbocycles. The number of nitrogens with zero attached hydrogens (tertiary/aromatic N) is 2. The van der Waals surface area contributed by atoms with Gasteiger partial charge >= 0.3 is 5.69 Å². The quantitative estimate of drug-likeness (QED) is 0.414. The van der Waals surface area contributed by atoms with Gasteiger partial charge in [-0.05, 0) is 41.5 Å². The number of hydrogen-bond donors (Lipinski definition) is 2. The van der Waals surface area contributed by atoms with Gasteiger partial charge in [0.1, 0.15) is 17.3 Å². The van der Waals surface area contributed by atoms with Crippen molar-refractivity contribution >= 4 is 17.3 Å². The second-order valence-electron chi connectivity index (χ2n) is 6.22. The van der Waals surface area contributed by atoms with Gasteiger partial charge in [0, 0.05) is 19.2 Å². The van der Waals surface area contributed by atoms with E-state index in [4.69, 9.17) is 9.47 Å². The lowest BCUT2D eigenvalue weighted by Crippen LogP contribution is -2.08. The van der Waals surface area contributed by atoms with Gasteiger partial charge < -0.3 is 20.1 Å². The minimum absolute atomic E-state index is 0.0755. The highest BCUT2D eigenvalue weighted by atomic mass is 16.6. The molecule has 2 N–H and O–H groups in total. The first-order chi connectivity index (χ1) is 14.1. The highest BCUT2D eigenvalue weighted by molar-refractivity contribution is 5.60. The summed E-state index contributed by atoms with van der Waals surface area (Å²) < 4.78 is 10.3. The summed E-state index contributed by atoms with van der Waals surface area (Å²) in [7, 11) is 3.22. The lowest BCUT2D eigenvalue weighted by Gasteiger charge is -2.11. The van der Waals surface area contributed by atoms with Gasteiger partial charge in [0.05, 0.1) is 19.1 Å². The highest BCUT2D eigenvalue weighted by Gasteiger charge is 2.16. The molecule has 0 fully saturated rings. The van der Waals surface area contributed by atoms with E-state index in [-0.39, 0.29) is 11.5 Å². The van der Waals surface area contributed by atoms with Crippen LogP contribution < -0.4 is 20.1 Å². The second-order valence-corrected chi connectivity index (χ2v) is 6.22. The molecule has 29 heavy (non-hydrogen) atoms. The Labute approximate surface area is 168 Å². The van der Waals surface area contributed by atoms with Crippen molar-refractivity contribution in [1.82, 2.24) is 4.98 Å². The number of ether oxygens (including phenoxy) is 2. The number of aromatic nitrogens is 1. The molecular formula is C21H22N4O4. The molecule has 8 heteroatoms. The van der Waals surface area contributed by atoms with E-state index in [1.807, 2.05) is 48.5 Å². The van der Waals surface area contributed by atoms with E-state index in [2.05, 4.69) is 15.6 Å². The molecule has 3 aromatic rings. The Morgan fingerprint density at radius 1 is 0.828 bits per heavy atom. The van der Waals surface area contributed by atoms with Crippen LogP contribution in [0.2, 0.25) is 0 Å². The molecule has 0 amide bonds. The van der Waals surface area contributed by atoms with E-state index in [9.17, 15) is 10.1 Å². The van der Waals surface area contributed by atoms with Crippen molar-refractivity contribution < 1.29 is 14.4 Å². The van der Waals surface area contributed by atoms with Gasteiger partial charge in [-0.3, -0.25) is 10.1 Å². The number of methoxy groups -OCH3 is 2. The van der Waals surface area contributed by atoms with E-state index in [0.717, 1.165) is 22.6 Å². The largest absolute Gasteiger partial charge is 0.497 e. The fraction of sp³-hybridized carbons (Fsp3) is 0.190. The van der Waals surface area contributed by atoms with Crippen molar-refractivity contribution in [2.45, 2.75) is 13.1 Å². The number of hydrogen-bond acceptors (Lipinski definition) is 7. The van der Waals surface area contributed by atoms with Crippen LogP contribution in [0.15, 0.2) is 60.7 Å². The molecule has 1 heterocycles. The fourth-order valence-electron chi connectivity index (χ4n) is 2.69. The molecule has 8 nitrogen and oxygen atoms in total. The zero-order valence-corrected chi connectivity index (χ0v) is 16.2. The van der Waals surface area contributed by atoms with Gasteiger partial charge in [0.15, 0.2) is 0 Å². The Kier molecular flexibility index (Phi) is 6.47. The maximum atomic E-state index is 11.3. The van der Waals surface area contributed by atoms with Gasteiger partial charge in [0.2, 0.25) is 5.82 Å². The Hall–Kier alpha value is -3.81. The Morgan fingerprint density at radius 2 is 1.34 bits per heavy atom. The summed E-state index contributed by atoms with van der Waals surface area (Å²) >= 11 is 0. The summed E-state index contributed by atoms with van der Waals surface area (Å²) in [5.41, 5.74) is 1.92. The molecular weight excluding hydrogens is 372 g/mol. The predicted molar refractivity (Wildman–Crippen MR) is 112 cm³/mol. The number of nitrogens with one attached hydrogen (secondary N) is 2. The van der Waals surface area contributed by atoms with Crippen LogP contribution in [-0.2, 0) is 13.1 Å². The molecule has 0 atom stereocenters. The zero-order valence-electron chi connectivity index (χ0n) is 16.2. The molecule has 0 saturated heterocycles. The first-order valence-electron chi connectivity index (χ1n) is 8.98. The summed E-state index contributed by atoms with van der Waals surface area (Å²) in [5, 5.41) is 17.6. The summed E-state index contributed by atoms with van der Waals surface area (Å²) in [6, 6.07) is 18.1. The zero-order chi connectivity index (χ0) is 20.6. The average Bonchev–Trinajstić information content (AvgIpc) is 2.76. The third kappa shape index (κ3) is 5.35. The average molecular weight is 394 g/mol. The molecule has 150 valence electrons. The standard InChI is InChI=1S/C21H22N4O4/c1-28-17-7-3-15(4-8-17)13-22-20-12-11-19(25(26)27)21(24-20)23-14-16-5-9-18(29-2)10-6-16/h3-12H,13-14H2,1-2H3,(H2,22,23,24). The smallest absolute Gasteiger partial charge is 0.311 e. The lowest BCUT2D eigenvalue weighted by molar-refractivity contribution is -0.384. The summed E-state index contributed by atoms with van der Waals surface area (Å²) in [6.45, 7) is 0.937. The molecule has 0 aliphatic rings. The number of benzene rings is 2. The number of pyridine rings is 1. The molecule has 1 aromatic heterocycles. The van der Waals surface area contributed by atoms with Crippen molar-refractivity contribution in [3.05, 3.63) is 81.9 Å². The summed E-state index contributed by atoms with van der Waals surface area (Å²) in [4.78, 5) is 15.3. The number of rotatable bonds is 9. The maximum Gasteiger partial charge on any atom is 0.311 e. The molecule has 3 rings (SSSR count). The van der Waals surface area contributed by atoms with Gasteiger partial charge in [-0.2, -0.15) is 0 Å². The second kappa shape index (κ2) is 9.41. The SMILES string of the molecule is COc1ccc(CNc2ccc([N+](=O)[O-])c(NCc3ccc(OC)cc3)n2)cc1. The van der Waals surface area contributed by atoms with Crippen LogP contribution in [0.5, 0.6) is 11.5 Å². The number of anilines is 2. The minimum atomic E-state index is -0.448. The van der Waals surface area contributed by atoms with Gasteiger partial charge in [-0.15, -0.1) is 0 Å². The molecule has 0 saturated carbocycles. The topological polar surface area (TPSA) is 98.5 Å². The van der Waals surface area contributed by atoms with E-state index >= 15 is 0 Å². The first kappa shape index (κ1) is 19.9. The van der Waals surface area contributed by atoms with Crippen molar-refractivity contribution in [2.24, 2.45) is 0 Å². The normalized spacial score (nSPS) is 10.3. The van der Waals surface area contributed by atoms with Crippen LogP contribution >= 0.6 is 0 Å². The summed E-state index contributed by atoms with van der Waals surface area (Å²) in [5.74, 6) is 2.30. The predicted octanol–water partition coefficient (Wildman–Crippen LogP) is 4.23. The van der Waals surface area contributed by atoms with Crippen LogP contribution in [0.25, 0.3) is 0 Å². The van der Waals surface area contributed by atoms with Crippen LogP contribution in [0.3, 0.4) is 0 Å². The summed E-state index contributed by atoms with van der Waals surface area (Å²) in [6.07, 6.45) is 0. The van der Waals surface area contributed by atoms with Gasteiger partial charge in [0.25, 0.3) is 0 Å². The molecule has 0 spiro atoms. The lowest BCUT2D eigenvalue weighted by atomic mass is 10.2. The number of nitro groups is 1. The van der Waals surface area contributed by atoms with E-state index < -0.39 is 4.92 Å². The van der Waals surface area contributed by atoms with Crippen molar-refractivity contribution in [2.75, 3.05) is 24.9 Å². The molecule has 0 aliphatic heterocycles. The molecule has 0 bridgehead atoms. The Morgan fingerprint density at radius 3 is 1.83 bits per heavy atom. The maximum absolute atomic E-state index is 11.3. The Balaban J connectivity index is 1.69. The fourth-order valence-corrected chi connectivity index (χ4v) is 2.69. The van der Waals surface area contributed by atoms with Gasteiger partial charge in [-0.25, -0.2) is 4.98 Å². The molecule has 0 radical (unpaired) electrons. The van der Waals surface area contributed by atoms with Crippen LogP contribution in [0.4, 0.5) is 17.3 Å². The van der Waals surface area contributed by atoms with Crippen LogP contribution in [0.1, 0.15) is 11.1 Å². The molecule has 0 aliphatic carbocycles. The van der Waals surface area contributed by atoms with Crippen LogP contribution in [0, 0.1) is 10.1 Å². The minimum Gasteiger partial charge on any atom is -0.497 e. The third-order valence-electron chi connectivity index (χ3n) is 4.32. The highest BCUT2D eigenvalue weighted by Crippen LogP contribution is 2.25. The monoisotopic (exact) mass is 394 g/mol. The van der Waals surface area contributed by atoms with Crippen molar-refractivity contribution in [3.8, 4) is 11.5 Å². The van der Waals surface area contributed by atoms with Crippen LogP contribution in [-0.4, -0.2) is 24.1 Å². The van der Waals surface area contributed by atoms with E-state index in [1.165, 1.54) is 6.07 Å². The van der Waals surface area contributed by atoms with Crippen molar-refractivity contribution in [1.29, 1.82) is 0 Å². The van der Waals surface area contributed by atoms with Crippen molar-refractivity contribution in [3.63, 3.8) is 0 Å². The van der Waals surface area contributed by atoms with E-state index in [0.29, 0.717) is 18.9 Å². The van der Waals surface area contributed by atoms with E-state index in [1.54, 1.807) is 20.3 Å². The Bertz CT molecular complexity index is 959. The molecule has 0 unspecified atom stereocenters. The van der Waals surface area contributed by atoms with Gasteiger partial charge in [-0.1, -0.05) is 24.3 Å². The first-order valence-corrected chi connectivity index (χ1v) is 8.98. The third-order valence-corrected chi connectivity index (χ3v) is 4.32.